The van der Waals surface area contributed by atoms with Crippen molar-refractivity contribution in [3.63, 3.8) is 0 Å². The molecule has 1 saturated heterocycles. The Balaban J connectivity index is 1.80. The Morgan fingerprint density at radius 3 is 2.80 bits per heavy atom. The fraction of sp³-hybridized carbons (Fsp3) is 0.471. The maximum Gasteiger partial charge on any atom is 0.0702 e. The van der Waals surface area contributed by atoms with Crippen LogP contribution in [-0.2, 0) is 6.42 Å². The lowest BCUT2D eigenvalue weighted by atomic mass is 9.91. The van der Waals surface area contributed by atoms with Crippen molar-refractivity contribution in [1.29, 1.82) is 0 Å². The van der Waals surface area contributed by atoms with Gasteiger partial charge in [-0.2, -0.15) is 0 Å². The van der Waals surface area contributed by atoms with E-state index in [1.807, 2.05) is 12.3 Å². The summed E-state index contributed by atoms with van der Waals surface area (Å²) in [6.07, 6.45) is 2.94. The van der Waals surface area contributed by atoms with Crippen LogP contribution in [0.2, 0.25) is 0 Å². The van der Waals surface area contributed by atoms with E-state index in [9.17, 15) is 0 Å². The lowest BCUT2D eigenvalue weighted by Gasteiger charge is -2.41. The minimum Gasteiger partial charge on any atom is -0.314 e. The second kappa shape index (κ2) is 5.51. The van der Waals surface area contributed by atoms with Gasteiger partial charge in [0.15, 0.2) is 0 Å². The van der Waals surface area contributed by atoms with Crippen molar-refractivity contribution in [1.82, 2.24) is 15.2 Å². The summed E-state index contributed by atoms with van der Waals surface area (Å²) < 4.78 is 0. The largest absolute Gasteiger partial charge is 0.314 e. The number of benzene rings is 1. The summed E-state index contributed by atoms with van der Waals surface area (Å²) in [7, 11) is 0. The van der Waals surface area contributed by atoms with Crippen molar-refractivity contribution in [2.24, 2.45) is 0 Å². The van der Waals surface area contributed by atoms with Gasteiger partial charge in [0.05, 0.1) is 5.52 Å². The van der Waals surface area contributed by atoms with Gasteiger partial charge in [0.2, 0.25) is 0 Å². The van der Waals surface area contributed by atoms with E-state index in [4.69, 9.17) is 0 Å². The minimum absolute atomic E-state index is 0.206. The molecule has 0 saturated carbocycles. The Bertz CT molecular complexity index is 586. The van der Waals surface area contributed by atoms with Gasteiger partial charge in [-0.25, -0.2) is 0 Å². The highest BCUT2D eigenvalue weighted by atomic mass is 15.2. The van der Waals surface area contributed by atoms with Gasteiger partial charge in [0.1, 0.15) is 0 Å². The molecule has 1 fully saturated rings. The molecule has 2 heterocycles. The van der Waals surface area contributed by atoms with Gasteiger partial charge >= 0.3 is 0 Å². The van der Waals surface area contributed by atoms with Crippen molar-refractivity contribution in [2.45, 2.75) is 25.8 Å². The minimum atomic E-state index is 0.206. The van der Waals surface area contributed by atoms with Crippen LogP contribution in [0, 0.1) is 0 Å². The Kier molecular flexibility index (Phi) is 3.72. The predicted molar refractivity (Wildman–Crippen MR) is 84.0 cm³/mol. The van der Waals surface area contributed by atoms with E-state index in [2.05, 4.69) is 53.3 Å². The van der Waals surface area contributed by atoms with Crippen LogP contribution in [0.5, 0.6) is 0 Å². The zero-order valence-corrected chi connectivity index (χ0v) is 12.4. The summed E-state index contributed by atoms with van der Waals surface area (Å²) in [5, 5.41) is 4.66. The molecular formula is C17H23N3. The monoisotopic (exact) mass is 269 g/mol. The third-order valence-electron chi connectivity index (χ3n) is 4.28. The standard InChI is InChI=1S/C17H23N3/c1-17(2,20-10-8-18-9-11-20)13-14-5-6-16-15(12-14)4-3-7-19-16/h3-7,12,18H,8-11,13H2,1-2H3. The predicted octanol–water partition coefficient (Wildman–Crippen LogP) is 2.46. The van der Waals surface area contributed by atoms with E-state index < -0.39 is 0 Å². The van der Waals surface area contributed by atoms with E-state index in [0.717, 1.165) is 38.1 Å². The molecule has 106 valence electrons. The van der Waals surface area contributed by atoms with Gasteiger partial charge in [-0.15, -0.1) is 0 Å². The number of nitrogens with zero attached hydrogens (tertiary/aromatic N) is 2. The lowest BCUT2D eigenvalue weighted by Crippen LogP contribution is -2.54. The van der Waals surface area contributed by atoms with Gasteiger partial charge in [-0.1, -0.05) is 12.1 Å². The molecule has 0 spiro atoms. The molecule has 3 heteroatoms. The Hall–Kier alpha value is -1.45. The van der Waals surface area contributed by atoms with Crippen molar-refractivity contribution in [3.05, 3.63) is 42.1 Å². The van der Waals surface area contributed by atoms with Crippen molar-refractivity contribution >= 4 is 10.9 Å². The van der Waals surface area contributed by atoms with Crippen LogP contribution in [0.15, 0.2) is 36.5 Å². The molecular weight excluding hydrogens is 246 g/mol. The molecule has 3 rings (SSSR count). The van der Waals surface area contributed by atoms with E-state index in [0.29, 0.717) is 0 Å². The fourth-order valence-electron chi connectivity index (χ4n) is 3.12. The quantitative estimate of drug-likeness (QED) is 0.928. The molecule has 1 N–H and O–H groups in total. The van der Waals surface area contributed by atoms with Crippen molar-refractivity contribution in [2.75, 3.05) is 26.2 Å². The maximum atomic E-state index is 4.39. The molecule has 1 aromatic carbocycles. The van der Waals surface area contributed by atoms with Crippen LogP contribution in [0.25, 0.3) is 10.9 Å². The number of hydrogen-bond acceptors (Lipinski definition) is 3. The van der Waals surface area contributed by atoms with E-state index in [-0.39, 0.29) is 5.54 Å². The number of pyridine rings is 1. The highest BCUT2D eigenvalue weighted by Gasteiger charge is 2.27. The van der Waals surface area contributed by atoms with Gasteiger partial charge in [-0.05, 0) is 44.0 Å². The average molecular weight is 269 g/mol. The number of piperazine rings is 1. The molecule has 0 radical (unpaired) electrons. The first-order valence-electron chi connectivity index (χ1n) is 7.45. The average Bonchev–Trinajstić information content (AvgIpc) is 2.48. The summed E-state index contributed by atoms with van der Waals surface area (Å²) >= 11 is 0. The molecule has 1 aliphatic rings. The second-order valence-electron chi connectivity index (χ2n) is 6.26. The van der Waals surface area contributed by atoms with Gasteiger partial charge in [0, 0.05) is 43.3 Å². The third kappa shape index (κ3) is 2.84. The molecule has 0 atom stereocenters. The zero-order chi connectivity index (χ0) is 14.0. The fourth-order valence-corrected chi connectivity index (χ4v) is 3.12. The Labute approximate surface area is 121 Å². The summed E-state index contributed by atoms with van der Waals surface area (Å²) in [4.78, 5) is 6.98. The first-order valence-corrected chi connectivity index (χ1v) is 7.45. The zero-order valence-electron chi connectivity index (χ0n) is 12.4. The lowest BCUT2D eigenvalue weighted by molar-refractivity contribution is 0.104. The molecule has 0 aliphatic carbocycles. The second-order valence-corrected chi connectivity index (χ2v) is 6.26. The van der Waals surface area contributed by atoms with Crippen molar-refractivity contribution < 1.29 is 0 Å². The van der Waals surface area contributed by atoms with Gasteiger partial charge < -0.3 is 5.32 Å². The summed E-state index contributed by atoms with van der Waals surface area (Å²) in [6.45, 7) is 9.19. The third-order valence-corrected chi connectivity index (χ3v) is 4.28. The van der Waals surface area contributed by atoms with Gasteiger partial charge in [0.25, 0.3) is 0 Å². The molecule has 3 nitrogen and oxygen atoms in total. The highest BCUT2D eigenvalue weighted by molar-refractivity contribution is 5.78. The molecule has 1 aliphatic heterocycles. The summed E-state index contributed by atoms with van der Waals surface area (Å²) in [6, 6.07) is 10.8. The number of nitrogens with one attached hydrogen (secondary N) is 1. The molecule has 0 unspecified atom stereocenters. The molecule has 0 bridgehead atoms. The van der Waals surface area contributed by atoms with E-state index in [1.165, 1.54) is 10.9 Å². The first-order chi connectivity index (χ1) is 9.65. The normalized spacial score (nSPS) is 17.5. The maximum absolute atomic E-state index is 4.39. The molecule has 2 aromatic rings. The number of hydrogen-bond donors (Lipinski definition) is 1. The SMILES string of the molecule is CC(C)(Cc1ccc2ncccc2c1)N1CCNCC1. The topological polar surface area (TPSA) is 28.2 Å². The van der Waals surface area contributed by atoms with Crippen LogP contribution < -0.4 is 5.32 Å². The first kappa shape index (κ1) is 13.5. The van der Waals surface area contributed by atoms with E-state index in [1.54, 1.807) is 0 Å². The highest BCUT2D eigenvalue weighted by Crippen LogP contribution is 2.23. The van der Waals surface area contributed by atoms with Gasteiger partial charge in [-0.3, -0.25) is 9.88 Å². The van der Waals surface area contributed by atoms with Crippen molar-refractivity contribution in [3.8, 4) is 0 Å². The van der Waals surface area contributed by atoms with Crippen LogP contribution in [0.3, 0.4) is 0 Å². The smallest absolute Gasteiger partial charge is 0.0702 e. The molecule has 20 heavy (non-hydrogen) atoms. The number of fused-ring (bicyclic) bond motifs is 1. The summed E-state index contributed by atoms with van der Waals surface area (Å²) in [5.74, 6) is 0. The van der Waals surface area contributed by atoms with Crippen LogP contribution >= 0.6 is 0 Å². The Morgan fingerprint density at radius 1 is 1.20 bits per heavy atom. The molecule has 0 amide bonds. The number of aromatic nitrogens is 1. The molecule has 1 aromatic heterocycles. The van der Waals surface area contributed by atoms with E-state index >= 15 is 0 Å². The Morgan fingerprint density at radius 2 is 2.00 bits per heavy atom. The van der Waals surface area contributed by atoms with Crippen LogP contribution in [0.1, 0.15) is 19.4 Å². The van der Waals surface area contributed by atoms with Crippen LogP contribution in [0.4, 0.5) is 0 Å². The summed E-state index contributed by atoms with van der Waals surface area (Å²) in [5.41, 5.74) is 2.68. The number of rotatable bonds is 3. The van der Waals surface area contributed by atoms with Crippen LogP contribution in [-0.4, -0.2) is 41.6 Å².